The van der Waals surface area contributed by atoms with E-state index in [1.807, 2.05) is 6.20 Å². The Morgan fingerprint density at radius 1 is 0.958 bits per heavy atom. The van der Waals surface area contributed by atoms with Crippen LogP contribution < -0.4 is 15.5 Å². The summed E-state index contributed by atoms with van der Waals surface area (Å²) >= 11 is 5.48. The topological polar surface area (TPSA) is 40.2 Å². The van der Waals surface area contributed by atoms with E-state index in [-0.39, 0.29) is 0 Å². The minimum absolute atomic E-state index is 0.525. The van der Waals surface area contributed by atoms with Crippen molar-refractivity contribution in [1.29, 1.82) is 0 Å². The lowest BCUT2D eigenvalue weighted by atomic mass is 10.1. The highest BCUT2D eigenvalue weighted by Crippen LogP contribution is 2.20. The summed E-state index contributed by atoms with van der Waals surface area (Å²) < 4.78 is 0. The Hall–Kier alpha value is -1.36. The molecule has 0 unspecified atom stereocenters. The molecule has 2 N–H and O–H groups in total. The summed E-state index contributed by atoms with van der Waals surface area (Å²) in [5, 5.41) is 7.50. The molecule has 0 atom stereocenters. The Balaban J connectivity index is 1.50. The van der Waals surface area contributed by atoms with Crippen LogP contribution in [0.25, 0.3) is 0 Å². The van der Waals surface area contributed by atoms with Crippen molar-refractivity contribution in [2.75, 3.05) is 23.3 Å². The summed E-state index contributed by atoms with van der Waals surface area (Å²) in [7, 11) is 0. The Morgan fingerprint density at radius 2 is 1.62 bits per heavy atom. The number of hydrogen-bond acceptors (Lipinski definition) is 3. The predicted octanol–water partition coefficient (Wildman–Crippen LogP) is 4.47. The highest BCUT2D eigenvalue weighted by Gasteiger charge is 2.14. The molecule has 1 saturated heterocycles. The van der Waals surface area contributed by atoms with E-state index < -0.39 is 0 Å². The summed E-state index contributed by atoms with van der Waals surface area (Å²) in [6.45, 7) is 2.25. The molecule has 4 nitrogen and oxygen atoms in total. The lowest BCUT2D eigenvalue weighted by molar-refractivity contribution is 0.535. The smallest absolute Gasteiger partial charge is 0.171 e. The van der Waals surface area contributed by atoms with Gasteiger partial charge in [-0.25, -0.2) is 4.98 Å². The number of aromatic nitrogens is 1. The second-order valence-corrected chi connectivity index (χ2v) is 7.50. The van der Waals surface area contributed by atoms with Crippen molar-refractivity contribution in [2.45, 2.75) is 70.3 Å². The molecule has 0 bridgehead atoms. The molecule has 2 heterocycles. The first-order chi connectivity index (χ1) is 11.8. The lowest BCUT2D eigenvalue weighted by Crippen LogP contribution is -2.37. The monoisotopic (exact) mass is 346 g/mol. The van der Waals surface area contributed by atoms with E-state index in [2.05, 4.69) is 32.7 Å². The van der Waals surface area contributed by atoms with Crippen LogP contribution in [-0.4, -0.2) is 29.2 Å². The largest absolute Gasteiger partial charge is 0.360 e. The van der Waals surface area contributed by atoms with E-state index in [1.54, 1.807) is 0 Å². The van der Waals surface area contributed by atoms with Gasteiger partial charge in [-0.05, 0) is 50.0 Å². The normalized spacial score (nSPS) is 20.1. The fourth-order valence-electron chi connectivity index (χ4n) is 3.72. The SMILES string of the molecule is S=C(Nc1ccc(N2CCCCCC2)nc1)NC1CCCCCC1. The quantitative estimate of drug-likeness (QED) is 0.624. The van der Waals surface area contributed by atoms with Gasteiger partial charge in [0, 0.05) is 19.1 Å². The molecule has 1 aromatic heterocycles. The summed E-state index contributed by atoms with van der Waals surface area (Å²) in [6, 6.07) is 4.73. The van der Waals surface area contributed by atoms with E-state index in [1.165, 1.54) is 64.2 Å². The second-order valence-electron chi connectivity index (χ2n) is 7.09. The summed E-state index contributed by atoms with van der Waals surface area (Å²) in [5.74, 6) is 1.09. The maximum Gasteiger partial charge on any atom is 0.171 e. The van der Waals surface area contributed by atoms with Crippen LogP contribution in [0.4, 0.5) is 11.5 Å². The highest BCUT2D eigenvalue weighted by molar-refractivity contribution is 7.80. The number of pyridine rings is 1. The molecule has 5 heteroatoms. The fourth-order valence-corrected chi connectivity index (χ4v) is 4.01. The van der Waals surface area contributed by atoms with Crippen LogP contribution in [0.3, 0.4) is 0 Å². The molecule has 1 aliphatic heterocycles. The summed E-state index contributed by atoms with van der Waals surface area (Å²) in [4.78, 5) is 7.04. The van der Waals surface area contributed by atoms with Gasteiger partial charge in [-0.2, -0.15) is 0 Å². The molecule has 2 fully saturated rings. The van der Waals surface area contributed by atoms with Gasteiger partial charge in [-0.1, -0.05) is 38.5 Å². The van der Waals surface area contributed by atoms with Gasteiger partial charge in [0.2, 0.25) is 0 Å². The first kappa shape index (κ1) is 17.5. The van der Waals surface area contributed by atoms with Gasteiger partial charge < -0.3 is 15.5 Å². The van der Waals surface area contributed by atoms with Crippen molar-refractivity contribution in [2.24, 2.45) is 0 Å². The van der Waals surface area contributed by atoms with Crippen LogP contribution in [0.15, 0.2) is 18.3 Å². The number of nitrogens with zero attached hydrogens (tertiary/aromatic N) is 2. The van der Waals surface area contributed by atoms with E-state index in [4.69, 9.17) is 12.2 Å². The number of rotatable bonds is 3. The molecule has 2 aliphatic rings. The first-order valence-electron chi connectivity index (χ1n) is 9.60. The molecule has 1 saturated carbocycles. The molecule has 0 spiro atoms. The Morgan fingerprint density at radius 3 is 2.25 bits per heavy atom. The zero-order valence-electron chi connectivity index (χ0n) is 14.6. The zero-order valence-corrected chi connectivity index (χ0v) is 15.4. The third kappa shape index (κ3) is 5.33. The average molecular weight is 347 g/mol. The average Bonchev–Trinajstić information content (AvgIpc) is 3.00. The second kappa shape index (κ2) is 9.21. The Labute approximate surface area is 151 Å². The minimum atomic E-state index is 0.525. The third-order valence-electron chi connectivity index (χ3n) is 5.13. The molecule has 0 aromatic carbocycles. The van der Waals surface area contributed by atoms with Crippen LogP contribution in [0.1, 0.15) is 64.2 Å². The molecule has 132 valence electrons. The van der Waals surface area contributed by atoms with Crippen molar-refractivity contribution in [1.82, 2.24) is 10.3 Å². The molecule has 1 aromatic rings. The third-order valence-corrected chi connectivity index (χ3v) is 5.35. The predicted molar refractivity (Wildman–Crippen MR) is 106 cm³/mol. The van der Waals surface area contributed by atoms with Crippen LogP contribution in [0.5, 0.6) is 0 Å². The Kier molecular flexibility index (Phi) is 6.70. The van der Waals surface area contributed by atoms with Crippen LogP contribution in [0, 0.1) is 0 Å². The van der Waals surface area contributed by atoms with E-state index in [9.17, 15) is 0 Å². The minimum Gasteiger partial charge on any atom is -0.360 e. The van der Waals surface area contributed by atoms with Gasteiger partial charge in [0.15, 0.2) is 5.11 Å². The highest BCUT2D eigenvalue weighted by atomic mass is 32.1. The van der Waals surface area contributed by atoms with E-state index in [0.717, 1.165) is 29.7 Å². The standard InChI is InChI=1S/C19H30N4S/c24-19(21-16-9-5-1-2-6-10-16)22-17-11-12-18(20-15-17)23-13-7-3-4-8-14-23/h11-12,15-16H,1-10,13-14H2,(H2,21,22,24). The molecule has 1 aliphatic carbocycles. The van der Waals surface area contributed by atoms with Gasteiger partial charge >= 0.3 is 0 Å². The number of thiocarbonyl (C=S) groups is 1. The van der Waals surface area contributed by atoms with Gasteiger partial charge in [-0.3, -0.25) is 0 Å². The van der Waals surface area contributed by atoms with Gasteiger partial charge in [-0.15, -0.1) is 0 Å². The van der Waals surface area contributed by atoms with Crippen molar-refractivity contribution < 1.29 is 0 Å². The van der Waals surface area contributed by atoms with Gasteiger partial charge in [0.25, 0.3) is 0 Å². The molecule has 3 rings (SSSR count). The van der Waals surface area contributed by atoms with Crippen molar-refractivity contribution in [3.8, 4) is 0 Å². The van der Waals surface area contributed by atoms with E-state index in [0.29, 0.717) is 6.04 Å². The fraction of sp³-hybridized carbons (Fsp3) is 0.684. The molecule has 0 amide bonds. The Bertz CT molecular complexity index is 501. The molecule has 24 heavy (non-hydrogen) atoms. The van der Waals surface area contributed by atoms with E-state index >= 15 is 0 Å². The van der Waals surface area contributed by atoms with Crippen molar-refractivity contribution in [3.05, 3.63) is 18.3 Å². The van der Waals surface area contributed by atoms with Gasteiger partial charge in [0.1, 0.15) is 5.82 Å². The van der Waals surface area contributed by atoms with Crippen LogP contribution >= 0.6 is 12.2 Å². The maximum absolute atomic E-state index is 5.48. The molecule has 0 radical (unpaired) electrons. The maximum atomic E-state index is 5.48. The summed E-state index contributed by atoms with van der Waals surface area (Å²) in [6.07, 6.45) is 14.9. The number of anilines is 2. The van der Waals surface area contributed by atoms with Crippen LogP contribution in [0.2, 0.25) is 0 Å². The van der Waals surface area contributed by atoms with Crippen molar-refractivity contribution in [3.63, 3.8) is 0 Å². The summed E-state index contributed by atoms with van der Waals surface area (Å²) in [5.41, 5.74) is 0.972. The first-order valence-corrected chi connectivity index (χ1v) is 10.0. The number of nitrogens with one attached hydrogen (secondary N) is 2. The molecular weight excluding hydrogens is 316 g/mol. The lowest BCUT2D eigenvalue weighted by Gasteiger charge is -2.22. The zero-order chi connectivity index (χ0) is 16.6. The molecular formula is C19H30N4S. The number of hydrogen-bond donors (Lipinski definition) is 2. The van der Waals surface area contributed by atoms with Crippen molar-refractivity contribution >= 4 is 28.8 Å². The van der Waals surface area contributed by atoms with Gasteiger partial charge in [0.05, 0.1) is 11.9 Å². The van der Waals surface area contributed by atoms with Crippen LogP contribution in [-0.2, 0) is 0 Å².